The second-order valence-corrected chi connectivity index (χ2v) is 4.63. The number of fused-ring (bicyclic) bond motifs is 2. The molecule has 0 atom stereocenters. The molecule has 0 saturated heterocycles. The lowest BCUT2D eigenvalue weighted by atomic mass is 9.86. The van der Waals surface area contributed by atoms with E-state index < -0.39 is 5.97 Å². The number of aliphatic carboxylic acids is 1. The molecular weight excluding hydrogens is 190 g/mol. The molecule has 2 bridgehead atoms. The number of carboxylic acids is 1. The van der Waals surface area contributed by atoms with Crippen molar-refractivity contribution in [3.8, 4) is 6.07 Å². The smallest absolute Gasteiger partial charge is 0.330 e. The van der Waals surface area contributed by atoms with E-state index in [0.29, 0.717) is 0 Å². The van der Waals surface area contributed by atoms with Crippen molar-refractivity contribution in [3.63, 3.8) is 0 Å². The van der Waals surface area contributed by atoms with Gasteiger partial charge in [0.1, 0.15) is 0 Å². The van der Waals surface area contributed by atoms with Gasteiger partial charge in [-0.1, -0.05) is 6.58 Å². The molecule has 0 spiro atoms. The molecule has 1 N–H and O–H groups in total. The minimum Gasteiger partial charge on any atom is -0.478 e. The summed E-state index contributed by atoms with van der Waals surface area (Å²) in [5.74, 6) is -0.0142. The van der Waals surface area contributed by atoms with Crippen molar-refractivity contribution in [2.24, 2.45) is 11.3 Å². The summed E-state index contributed by atoms with van der Waals surface area (Å²) >= 11 is 0. The van der Waals surface area contributed by atoms with E-state index in [4.69, 9.17) is 10.4 Å². The van der Waals surface area contributed by atoms with E-state index >= 15 is 0 Å². The summed E-state index contributed by atoms with van der Waals surface area (Å²) in [5, 5.41) is 16.7. The van der Waals surface area contributed by atoms with E-state index in [1.165, 1.54) is 39.0 Å². The van der Waals surface area contributed by atoms with Gasteiger partial charge in [-0.05, 0) is 44.9 Å². The molecular formula is C12H17NO2. The Balaban J connectivity index is 0.000000167. The van der Waals surface area contributed by atoms with Gasteiger partial charge in [0, 0.05) is 5.57 Å². The summed E-state index contributed by atoms with van der Waals surface area (Å²) in [6.45, 7) is 4.60. The summed E-state index contributed by atoms with van der Waals surface area (Å²) in [6.07, 6.45) is 6.24. The highest BCUT2D eigenvalue weighted by molar-refractivity contribution is 5.84. The number of hydrogen-bond donors (Lipinski definition) is 1. The van der Waals surface area contributed by atoms with Gasteiger partial charge in [0.05, 0.1) is 11.5 Å². The molecule has 2 aliphatic rings. The SMILES string of the molecule is C=C(C)C(=O)O.N#CC12CCC(CC1)C2. The van der Waals surface area contributed by atoms with Gasteiger partial charge in [-0.15, -0.1) is 0 Å². The first-order valence-corrected chi connectivity index (χ1v) is 5.29. The first-order valence-electron chi connectivity index (χ1n) is 5.29. The molecule has 2 fully saturated rings. The Kier molecular flexibility index (Phi) is 3.52. The Bertz CT molecular complexity index is 294. The van der Waals surface area contributed by atoms with E-state index in [1.807, 2.05) is 0 Å². The summed E-state index contributed by atoms with van der Waals surface area (Å²) in [6, 6.07) is 2.47. The fraction of sp³-hybridized carbons (Fsp3) is 0.667. The van der Waals surface area contributed by atoms with Crippen LogP contribution in [0, 0.1) is 22.7 Å². The molecule has 3 heteroatoms. The van der Waals surface area contributed by atoms with Crippen LogP contribution in [0.15, 0.2) is 12.2 Å². The van der Waals surface area contributed by atoms with Crippen LogP contribution in [-0.4, -0.2) is 11.1 Å². The Morgan fingerprint density at radius 2 is 2.00 bits per heavy atom. The normalized spacial score (nSPS) is 31.3. The van der Waals surface area contributed by atoms with Crippen molar-refractivity contribution in [1.29, 1.82) is 5.26 Å². The molecule has 0 unspecified atom stereocenters. The monoisotopic (exact) mass is 207 g/mol. The highest BCUT2D eigenvalue weighted by Gasteiger charge is 2.44. The number of carbonyl (C=O) groups is 1. The van der Waals surface area contributed by atoms with Gasteiger partial charge in [0.15, 0.2) is 0 Å². The van der Waals surface area contributed by atoms with Crippen molar-refractivity contribution in [2.45, 2.75) is 39.0 Å². The van der Waals surface area contributed by atoms with E-state index in [-0.39, 0.29) is 11.0 Å². The van der Waals surface area contributed by atoms with Gasteiger partial charge in [0.25, 0.3) is 0 Å². The van der Waals surface area contributed by atoms with Crippen LogP contribution >= 0.6 is 0 Å². The van der Waals surface area contributed by atoms with E-state index in [9.17, 15) is 4.79 Å². The van der Waals surface area contributed by atoms with Crippen LogP contribution in [0.4, 0.5) is 0 Å². The number of nitrogens with zero attached hydrogens (tertiary/aromatic N) is 1. The fourth-order valence-corrected chi connectivity index (χ4v) is 2.35. The maximum Gasteiger partial charge on any atom is 0.330 e. The number of nitriles is 1. The lowest BCUT2D eigenvalue weighted by Gasteiger charge is -2.15. The third kappa shape index (κ3) is 2.82. The van der Waals surface area contributed by atoms with Crippen molar-refractivity contribution in [3.05, 3.63) is 12.2 Å². The van der Waals surface area contributed by atoms with Crippen molar-refractivity contribution in [1.82, 2.24) is 0 Å². The quantitative estimate of drug-likeness (QED) is 0.672. The third-order valence-corrected chi connectivity index (χ3v) is 3.34. The summed E-state index contributed by atoms with van der Waals surface area (Å²) < 4.78 is 0. The van der Waals surface area contributed by atoms with Crippen LogP contribution in [0.1, 0.15) is 39.0 Å². The zero-order valence-electron chi connectivity index (χ0n) is 9.12. The molecule has 0 heterocycles. The van der Waals surface area contributed by atoms with Crippen molar-refractivity contribution in [2.75, 3.05) is 0 Å². The second-order valence-electron chi connectivity index (χ2n) is 4.63. The molecule has 0 amide bonds. The molecule has 3 nitrogen and oxygen atoms in total. The number of carboxylic acid groups (broad SMARTS) is 1. The van der Waals surface area contributed by atoms with Crippen LogP contribution in [0.5, 0.6) is 0 Å². The maximum absolute atomic E-state index is 9.60. The molecule has 0 aromatic heterocycles. The minimum atomic E-state index is -0.935. The predicted molar refractivity (Wildman–Crippen MR) is 57.1 cm³/mol. The molecule has 2 saturated carbocycles. The average molecular weight is 207 g/mol. The van der Waals surface area contributed by atoms with E-state index in [0.717, 1.165) is 5.92 Å². The topological polar surface area (TPSA) is 61.1 Å². The van der Waals surface area contributed by atoms with Gasteiger partial charge in [-0.2, -0.15) is 5.26 Å². The Labute approximate surface area is 90.4 Å². The molecule has 2 aliphatic carbocycles. The zero-order chi connectivity index (χ0) is 11.5. The van der Waals surface area contributed by atoms with Crippen molar-refractivity contribution < 1.29 is 9.90 Å². The Hall–Kier alpha value is -1.30. The van der Waals surface area contributed by atoms with Gasteiger partial charge >= 0.3 is 5.97 Å². The fourth-order valence-electron chi connectivity index (χ4n) is 2.35. The van der Waals surface area contributed by atoms with Crippen LogP contribution in [0.3, 0.4) is 0 Å². The highest BCUT2D eigenvalue weighted by Crippen LogP contribution is 2.53. The third-order valence-electron chi connectivity index (χ3n) is 3.34. The first-order chi connectivity index (χ1) is 6.99. The van der Waals surface area contributed by atoms with E-state index in [2.05, 4.69) is 12.6 Å². The summed E-state index contributed by atoms with van der Waals surface area (Å²) in [7, 11) is 0. The Morgan fingerprint density at radius 3 is 2.13 bits per heavy atom. The van der Waals surface area contributed by atoms with E-state index in [1.54, 1.807) is 0 Å². The van der Waals surface area contributed by atoms with Gasteiger partial charge in [-0.3, -0.25) is 0 Å². The highest BCUT2D eigenvalue weighted by atomic mass is 16.4. The Morgan fingerprint density at radius 1 is 1.53 bits per heavy atom. The lowest BCUT2D eigenvalue weighted by Crippen LogP contribution is -2.09. The molecule has 0 aromatic carbocycles. The average Bonchev–Trinajstić information content (AvgIpc) is 2.79. The minimum absolute atomic E-state index is 0.157. The van der Waals surface area contributed by atoms with Crippen LogP contribution in [0.2, 0.25) is 0 Å². The van der Waals surface area contributed by atoms with Gasteiger partial charge < -0.3 is 5.11 Å². The summed E-state index contributed by atoms with van der Waals surface area (Å²) in [5.41, 5.74) is 0.333. The zero-order valence-corrected chi connectivity index (χ0v) is 9.12. The molecule has 15 heavy (non-hydrogen) atoms. The second kappa shape index (κ2) is 4.48. The predicted octanol–water partition coefficient (Wildman–Crippen LogP) is 2.74. The molecule has 2 rings (SSSR count). The van der Waals surface area contributed by atoms with Crippen LogP contribution in [0.25, 0.3) is 0 Å². The molecule has 82 valence electrons. The number of rotatable bonds is 1. The standard InChI is InChI=1S/C8H11N.C4H6O2/c9-6-8-3-1-7(5-8)2-4-8;1-3(2)4(5)6/h7H,1-5H2;1H2,2H3,(H,5,6). The lowest BCUT2D eigenvalue weighted by molar-refractivity contribution is -0.132. The largest absolute Gasteiger partial charge is 0.478 e. The van der Waals surface area contributed by atoms with Gasteiger partial charge in [-0.25, -0.2) is 4.79 Å². The van der Waals surface area contributed by atoms with Crippen LogP contribution < -0.4 is 0 Å². The van der Waals surface area contributed by atoms with Crippen LogP contribution in [-0.2, 0) is 4.79 Å². The molecule has 0 radical (unpaired) electrons. The van der Waals surface area contributed by atoms with Crippen molar-refractivity contribution >= 4 is 5.97 Å². The van der Waals surface area contributed by atoms with Gasteiger partial charge in [0.2, 0.25) is 0 Å². The molecule has 0 aliphatic heterocycles. The molecule has 0 aromatic rings. The maximum atomic E-state index is 9.60. The summed E-state index contributed by atoms with van der Waals surface area (Å²) in [4.78, 5) is 9.60. The first kappa shape index (κ1) is 11.8. The number of hydrogen-bond acceptors (Lipinski definition) is 2.